The lowest BCUT2D eigenvalue weighted by Crippen LogP contribution is -2.21. The maximum atomic E-state index is 10.6. The Balaban J connectivity index is 2.75. The summed E-state index contributed by atoms with van der Waals surface area (Å²) in [6, 6.07) is 3.22. The van der Waals surface area contributed by atoms with Crippen molar-refractivity contribution < 1.29 is 19.8 Å². The Bertz CT molecular complexity index is 488. The summed E-state index contributed by atoms with van der Waals surface area (Å²) in [4.78, 5) is 25.2. The highest BCUT2D eigenvalue weighted by Crippen LogP contribution is 2.15. The molecule has 0 bridgehead atoms. The average Bonchev–Trinajstić information content (AvgIpc) is 2.25. The van der Waals surface area contributed by atoms with Crippen LogP contribution in [0.1, 0.15) is 5.69 Å². The zero-order valence-electron chi connectivity index (χ0n) is 9.42. The number of carbonyl (C=O) groups is 2. The zero-order chi connectivity index (χ0) is 13.7. The quantitative estimate of drug-likeness (QED) is 0.557. The minimum atomic E-state index is -1.59. The Labute approximate surface area is 108 Å². The van der Waals surface area contributed by atoms with E-state index in [0.29, 0.717) is 16.5 Å². The lowest BCUT2D eigenvalue weighted by molar-refractivity contribution is -0.151. The van der Waals surface area contributed by atoms with Crippen LogP contribution in [0.4, 0.5) is 5.69 Å². The van der Waals surface area contributed by atoms with Crippen molar-refractivity contribution in [1.29, 1.82) is 0 Å². The normalized spacial score (nSPS) is 10.8. The Hall–Kier alpha value is -2.08. The Morgan fingerprint density at radius 2 is 2.00 bits per heavy atom. The van der Waals surface area contributed by atoms with Gasteiger partial charge in [0.2, 0.25) is 0 Å². The Morgan fingerprint density at radius 3 is 2.50 bits per heavy atom. The van der Waals surface area contributed by atoms with Gasteiger partial charge in [-0.05, 0) is 31.3 Å². The van der Waals surface area contributed by atoms with Crippen molar-refractivity contribution in [2.24, 2.45) is 5.92 Å². The number of halogens is 1. The molecule has 0 spiro atoms. The van der Waals surface area contributed by atoms with E-state index in [4.69, 9.17) is 21.8 Å². The van der Waals surface area contributed by atoms with E-state index < -0.39 is 17.9 Å². The molecule has 0 fully saturated rings. The molecule has 1 aromatic heterocycles. The van der Waals surface area contributed by atoms with E-state index >= 15 is 0 Å². The van der Waals surface area contributed by atoms with Crippen LogP contribution < -0.4 is 5.32 Å². The number of carboxylic acid groups (broad SMARTS) is 2. The number of rotatable bonds is 5. The van der Waals surface area contributed by atoms with Crippen LogP contribution in [-0.4, -0.2) is 27.1 Å². The van der Waals surface area contributed by atoms with Gasteiger partial charge in [-0.25, -0.2) is 4.98 Å². The molecule has 0 saturated heterocycles. The van der Waals surface area contributed by atoms with Gasteiger partial charge in [0.05, 0.1) is 11.4 Å². The molecule has 7 heteroatoms. The van der Waals surface area contributed by atoms with E-state index in [0.717, 1.165) is 6.08 Å². The minimum Gasteiger partial charge on any atom is -0.480 e. The van der Waals surface area contributed by atoms with Crippen molar-refractivity contribution >= 4 is 29.2 Å². The van der Waals surface area contributed by atoms with E-state index in [1.165, 1.54) is 6.20 Å². The van der Waals surface area contributed by atoms with E-state index in [2.05, 4.69) is 10.3 Å². The molecule has 0 aliphatic rings. The highest BCUT2D eigenvalue weighted by atomic mass is 35.5. The number of aromatic nitrogens is 1. The first kappa shape index (κ1) is 14.0. The summed E-state index contributed by atoms with van der Waals surface area (Å²) >= 11 is 5.67. The van der Waals surface area contributed by atoms with Crippen LogP contribution in [0.5, 0.6) is 0 Å². The van der Waals surface area contributed by atoms with Crippen molar-refractivity contribution in [3.63, 3.8) is 0 Å². The van der Waals surface area contributed by atoms with Crippen LogP contribution in [0.25, 0.3) is 0 Å². The van der Waals surface area contributed by atoms with Gasteiger partial charge >= 0.3 is 11.9 Å². The second-order valence-electron chi connectivity index (χ2n) is 3.42. The SMILES string of the molecule is Cc1nc(Cl)ccc1N/C=C/C(C(=O)O)C(=O)O. The number of pyridine rings is 1. The van der Waals surface area contributed by atoms with Gasteiger partial charge in [-0.2, -0.15) is 0 Å². The number of hydrogen-bond acceptors (Lipinski definition) is 4. The van der Waals surface area contributed by atoms with E-state index in [9.17, 15) is 9.59 Å². The summed E-state index contributed by atoms with van der Waals surface area (Å²) in [6.07, 6.45) is 2.30. The molecule has 0 aliphatic carbocycles. The number of anilines is 1. The van der Waals surface area contributed by atoms with Crippen LogP contribution in [0, 0.1) is 12.8 Å². The zero-order valence-corrected chi connectivity index (χ0v) is 10.2. The van der Waals surface area contributed by atoms with Gasteiger partial charge in [-0.15, -0.1) is 0 Å². The first-order valence-electron chi connectivity index (χ1n) is 4.94. The van der Waals surface area contributed by atoms with Crippen molar-refractivity contribution in [3.05, 3.63) is 35.3 Å². The fourth-order valence-electron chi connectivity index (χ4n) is 1.19. The van der Waals surface area contributed by atoms with Gasteiger partial charge < -0.3 is 15.5 Å². The molecule has 0 unspecified atom stereocenters. The summed E-state index contributed by atoms with van der Waals surface area (Å²) in [6.45, 7) is 1.72. The average molecular weight is 271 g/mol. The first-order chi connectivity index (χ1) is 8.41. The van der Waals surface area contributed by atoms with Gasteiger partial charge in [-0.3, -0.25) is 9.59 Å². The molecule has 0 saturated carbocycles. The highest BCUT2D eigenvalue weighted by Gasteiger charge is 2.21. The number of hydrogen-bond donors (Lipinski definition) is 3. The number of nitrogens with zero attached hydrogens (tertiary/aromatic N) is 1. The lowest BCUT2D eigenvalue weighted by Gasteiger charge is -2.05. The van der Waals surface area contributed by atoms with Gasteiger partial charge in [-0.1, -0.05) is 11.6 Å². The van der Waals surface area contributed by atoms with Crippen LogP contribution in [-0.2, 0) is 9.59 Å². The van der Waals surface area contributed by atoms with Crippen molar-refractivity contribution in [2.75, 3.05) is 5.32 Å². The lowest BCUT2D eigenvalue weighted by atomic mass is 10.1. The van der Waals surface area contributed by atoms with Crippen LogP contribution in [0.15, 0.2) is 24.4 Å². The molecular formula is C11H11ClN2O4. The summed E-state index contributed by atoms with van der Waals surface area (Å²) in [5, 5.41) is 20.4. The van der Waals surface area contributed by atoms with Crippen molar-refractivity contribution in [1.82, 2.24) is 4.98 Å². The largest absolute Gasteiger partial charge is 0.480 e. The van der Waals surface area contributed by atoms with Crippen molar-refractivity contribution in [3.8, 4) is 0 Å². The summed E-state index contributed by atoms with van der Waals surface area (Å²) in [5.74, 6) is -4.43. The Morgan fingerprint density at radius 1 is 1.39 bits per heavy atom. The summed E-state index contributed by atoms with van der Waals surface area (Å²) in [5.41, 5.74) is 1.24. The fourth-order valence-corrected chi connectivity index (χ4v) is 1.38. The minimum absolute atomic E-state index is 0.343. The van der Waals surface area contributed by atoms with Gasteiger partial charge in [0.1, 0.15) is 5.15 Å². The van der Waals surface area contributed by atoms with Crippen LogP contribution in [0.3, 0.4) is 0 Å². The topological polar surface area (TPSA) is 99.5 Å². The van der Waals surface area contributed by atoms with E-state index in [1.807, 2.05) is 0 Å². The molecule has 0 aromatic carbocycles. The molecule has 0 aliphatic heterocycles. The molecule has 96 valence electrons. The van der Waals surface area contributed by atoms with Gasteiger partial charge in [0, 0.05) is 0 Å². The summed E-state index contributed by atoms with van der Waals surface area (Å²) in [7, 11) is 0. The predicted molar refractivity (Wildman–Crippen MR) is 65.5 cm³/mol. The standard InChI is InChI=1S/C11H11ClN2O4/c1-6-8(2-3-9(12)14-6)13-5-4-7(10(15)16)11(17)18/h2-5,7,13H,1H3,(H,15,16)(H,17,18)/b5-4+. The first-order valence-corrected chi connectivity index (χ1v) is 5.31. The van der Waals surface area contributed by atoms with Gasteiger partial charge in [0.15, 0.2) is 5.92 Å². The smallest absolute Gasteiger partial charge is 0.321 e. The molecule has 0 amide bonds. The molecular weight excluding hydrogens is 260 g/mol. The molecule has 6 nitrogen and oxygen atoms in total. The second kappa shape index (κ2) is 6.02. The van der Waals surface area contributed by atoms with E-state index in [-0.39, 0.29) is 0 Å². The molecule has 0 atom stereocenters. The predicted octanol–water partition coefficient (Wildman–Crippen LogP) is 1.75. The number of carboxylic acids is 2. The molecule has 3 N–H and O–H groups in total. The number of nitrogens with one attached hydrogen (secondary N) is 1. The molecule has 18 heavy (non-hydrogen) atoms. The maximum Gasteiger partial charge on any atom is 0.321 e. The monoisotopic (exact) mass is 270 g/mol. The van der Waals surface area contributed by atoms with E-state index in [1.54, 1.807) is 19.1 Å². The molecule has 1 aromatic rings. The molecule has 0 radical (unpaired) electrons. The maximum absolute atomic E-state index is 10.6. The second-order valence-corrected chi connectivity index (χ2v) is 3.81. The number of aliphatic carboxylic acids is 2. The third-order valence-corrected chi connectivity index (χ3v) is 2.32. The highest BCUT2D eigenvalue weighted by molar-refractivity contribution is 6.29. The van der Waals surface area contributed by atoms with Crippen LogP contribution in [0.2, 0.25) is 5.15 Å². The molecule has 1 rings (SSSR count). The van der Waals surface area contributed by atoms with Gasteiger partial charge in [0.25, 0.3) is 0 Å². The third kappa shape index (κ3) is 3.74. The van der Waals surface area contributed by atoms with Crippen molar-refractivity contribution in [2.45, 2.75) is 6.92 Å². The third-order valence-electron chi connectivity index (χ3n) is 2.11. The number of aryl methyl sites for hydroxylation is 1. The fraction of sp³-hybridized carbons (Fsp3) is 0.182. The Kier molecular flexibility index (Phi) is 4.67. The van der Waals surface area contributed by atoms with Crippen LogP contribution >= 0.6 is 11.6 Å². The summed E-state index contributed by atoms with van der Waals surface area (Å²) < 4.78 is 0. The molecule has 1 heterocycles.